The van der Waals surface area contributed by atoms with Gasteiger partial charge in [-0.1, -0.05) is 13.8 Å². The lowest BCUT2D eigenvalue weighted by Crippen LogP contribution is -2.60. The number of halogens is 1. The highest BCUT2D eigenvalue weighted by molar-refractivity contribution is 14.1. The fourth-order valence-electron chi connectivity index (χ4n) is 7.05. The van der Waals surface area contributed by atoms with Gasteiger partial charge in [-0.25, -0.2) is 4.79 Å². The van der Waals surface area contributed by atoms with Crippen LogP contribution in [0.15, 0.2) is 41.3 Å². The number of hydrogen-bond donors (Lipinski definition) is 1. The second-order valence-electron chi connectivity index (χ2n) is 11.5. The lowest BCUT2D eigenvalue weighted by Gasteiger charge is -2.59. The van der Waals surface area contributed by atoms with Gasteiger partial charge in [0.2, 0.25) is 0 Å². The molecule has 2 atom stereocenters. The van der Waals surface area contributed by atoms with E-state index in [4.69, 9.17) is 9.47 Å². The van der Waals surface area contributed by atoms with Crippen LogP contribution in [0, 0.1) is 27.7 Å². The maximum atomic E-state index is 13.8. The number of benzene rings is 2. The monoisotopic (exact) mass is 638 g/mol. The van der Waals surface area contributed by atoms with E-state index in [0.717, 1.165) is 22.8 Å². The van der Waals surface area contributed by atoms with E-state index in [9.17, 15) is 22.6 Å². The lowest BCUT2D eigenvalue weighted by atomic mass is 9.48. The molecule has 0 aromatic heterocycles. The van der Waals surface area contributed by atoms with E-state index < -0.39 is 21.1 Å². The van der Waals surface area contributed by atoms with Crippen molar-refractivity contribution in [1.29, 1.82) is 0 Å². The predicted octanol–water partition coefficient (Wildman–Crippen LogP) is 6.07. The largest absolute Gasteiger partial charge is 0.455 e. The molecule has 2 aromatic rings. The Hall–Kier alpha value is -1.98. The summed E-state index contributed by atoms with van der Waals surface area (Å²) in [7, 11) is -4.42. The van der Waals surface area contributed by atoms with E-state index in [0.29, 0.717) is 41.7 Å². The molecule has 0 saturated heterocycles. The van der Waals surface area contributed by atoms with Gasteiger partial charge in [-0.05, 0) is 127 Å². The lowest BCUT2D eigenvalue weighted by molar-refractivity contribution is -0.189. The third kappa shape index (κ3) is 5.06. The van der Waals surface area contributed by atoms with Crippen LogP contribution in [0.2, 0.25) is 0 Å². The van der Waals surface area contributed by atoms with E-state index in [-0.39, 0.29) is 34.6 Å². The fraction of sp³-hybridized carbons (Fsp3) is 0.500. The quantitative estimate of drug-likeness (QED) is 0.177. The summed E-state index contributed by atoms with van der Waals surface area (Å²) >= 11 is 2.19. The topological polar surface area (TPSA) is 107 Å². The molecular formula is C28H31IO7S. The third-order valence-electron chi connectivity index (χ3n) is 8.24. The van der Waals surface area contributed by atoms with Gasteiger partial charge >= 0.3 is 11.9 Å². The van der Waals surface area contributed by atoms with E-state index in [1.54, 1.807) is 25.1 Å². The molecule has 4 aliphatic carbocycles. The first-order chi connectivity index (χ1) is 17.3. The van der Waals surface area contributed by atoms with Crippen molar-refractivity contribution in [2.45, 2.75) is 75.7 Å². The Morgan fingerprint density at radius 1 is 1.05 bits per heavy atom. The number of ether oxygens (including phenoxy) is 2. The maximum Gasteiger partial charge on any atom is 0.338 e. The fourth-order valence-corrected chi connectivity index (χ4v) is 8.33. The van der Waals surface area contributed by atoms with Gasteiger partial charge in [-0.2, -0.15) is 8.42 Å². The number of carbonyl (C=O) groups is 2. The molecule has 0 radical (unpaired) electrons. The van der Waals surface area contributed by atoms with Crippen LogP contribution in [0.1, 0.15) is 79.8 Å². The predicted molar refractivity (Wildman–Crippen MR) is 145 cm³/mol. The molecule has 4 fully saturated rings. The van der Waals surface area contributed by atoms with Gasteiger partial charge in [0.15, 0.2) is 0 Å². The van der Waals surface area contributed by atoms with Crippen molar-refractivity contribution >= 4 is 44.6 Å². The first-order valence-electron chi connectivity index (χ1n) is 12.6. The van der Waals surface area contributed by atoms with Gasteiger partial charge in [0, 0.05) is 9.99 Å². The Bertz CT molecular complexity index is 1350. The highest BCUT2D eigenvalue weighted by Gasteiger charge is 2.63. The van der Waals surface area contributed by atoms with Crippen molar-refractivity contribution < 1.29 is 32.0 Å². The molecule has 198 valence electrons. The van der Waals surface area contributed by atoms with Crippen LogP contribution in [0.4, 0.5) is 0 Å². The molecule has 4 saturated carbocycles. The molecule has 6 rings (SSSR count). The first kappa shape index (κ1) is 26.6. The number of rotatable bonds is 6. The van der Waals surface area contributed by atoms with Gasteiger partial charge in [0.25, 0.3) is 10.1 Å². The molecule has 4 aliphatic rings. The van der Waals surface area contributed by atoms with E-state index in [1.807, 2.05) is 26.0 Å². The summed E-state index contributed by atoms with van der Waals surface area (Å²) in [5.74, 6) is -0.0610. The van der Waals surface area contributed by atoms with Crippen molar-refractivity contribution in [2.75, 3.05) is 0 Å². The molecule has 9 heteroatoms. The average Bonchev–Trinajstić information content (AvgIpc) is 2.78. The van der Waals surface area contributed by atoms with Crippen LogP contribution in [-0.2, 0) is 19.6 Å². The minimum Gasteiger partial charge on any atom is -0.455 e. The molecule has 0 aliphatic heterocycles. The van der Waals surface area contributed by atoms with Crippen LogP contribution in [0.5, 0.6) is 5.75 Å². The van der Waals surface area contributed by atoms with Gasteiger partial charge in [-0.3, -0.25) is 9.35 Å². The van der Waals surface area contributed by atoms with Crippen LogP contribution in [-0.4, -0.2) is 30.5 Å². The number of aryl methyl sites for hydroxylation is 1. The smallest absolute Gasteiger partial charge is 0.338 e. The van der Waals surface area contributed by atoms with Crippen molar-refractivity contribution in [3.63, 3.8) is 0 Å². The van der Waals surface area contributed by atoms with Gasteiger partial charge < -0.3 is 9.47 Å². The zero-order chi connectivity index (χ0) is 26.8. The van der Waals surface area contributed by atoms with Crippen LogP contribution in [0.25, 0.3) is 0 Å². The molecule has 2 aromatic carbocycles. The highest BCUT2D eigenvalue weighted by atomic mass is 127. The summed E-state index contributed by atoms with van der Waals surface area (Å²) in [6.45, 7) is 5.29. The van der Waals surface area contributed by atoms with E-state index in [2.05, 4.69) is 22.6 Å². The zero-order valence-corrected chi connectivity index (χ0v) is 24.1. The summed E-state index contributed by atoms with van der Waals surface area (Å²) in [4.78, 5) is 26.7. The molecule has 4 bridgehead atoms. The van der Waals surface area contributed by atoms with Crippen LogP contribution in [0.3, 0.4) is 0 Å². The molecule has 1 N–H and O–H groups in total. The van der Waals surface area contributed by atoms with E-state index >= 15 is 0 Å². The number of hydrogen-bond acceptors (Lipinski definition) is 6. The molecule has 7 nitrogen and oxygen atoms in total. The third-order valence-corrected chi connectivity index (χ3v) is 9.87. The van der Waals surface area contributed by atoms with Crippen LogP contribution < -0.4 is 4.74 Å². The molecule has 37 heavy (non-hydrogen) atoms. The Balaban J connectivity index is 1.42. The number of esters is 2. The maximum absolute atomic E-state index is 13.8. The van der Waals surface area contributed by atoms with Crippen molar-refractivity contribution in [3.8, 4) is 5.75 Å². The number of carbonyl (C=O) groups excluding carboxylic acids is 2. The van der Waals surface area contributed by atoms with Gasteiger partial charge in [0.05, 0.1) is 15.9 Å². The first-order valence-corrected chi connectivity index (χ1v) is 15.1. The van der Waals surface area contributed by atoms with Crippen molar-refractivity contribution in [2.24, 2.45) is 17.3 Å². The second-order valence-corrected chi connectivity index (χ2v) is 14.1. The summed E-state index contributed by atoms with van der Waals surface area (Å²) in [6, 6.07) is 10.2. The molecule has 0 amide bonds. The Labute approximate surface area is 231 Å². The molecule has 0 heterocycles. The highest BCUT2D eigenvalue weighted by Crippen LogP contribution is 2.63. The summed E-state index contributed by atoms with van der Waals surface area (Å²) in [6.07, 6.45) is 4.37. The molecule has 0 spiro atoms. The second kappa shape index (κ2) is 9.34. The normalized spacial score (nSPS) is 28.4. The molecule has 2 unspecified atom stereocenters. The van der Waals surface area contributed by atoms with Crippen LogP contribution >= 0.6 is 22.6 Å². The summed E-state index contributed by atoms with van der Waals surface area (Å²) in [5.41, 5.74) is -0.0820. The standard InChI is InChI=1S/C28H31IO7S/c1-16(2)22-10-23(17(3)8-24(22)37(32,33)34)35-26(31)27-11-18-9-19(12-27)14-28(13-18,15-27)36-25(30)20-4-6-21(29)7-5-20/h4-8,10,16,18-19H,9,11-15H2,1-3H3,(H,32,33,34). The SMILES string of the molecule is Cc1cc(S(=O)(=O)O)c(C(C)C)cc1OC(=O)C12CC3CC(CC(OC(=O)c4ccc(I)cc4)(C3)C1)C2. The summed E-state index contributed by atoms with van der Waals surface area (Å²) < 4.78 is 46.7. The minimum atomic E-state index is -4.42. The van der Waals surface area contributed by atoms with Gasteiger partial charge in [-0.15, -0.1) is 0 Å². The van der Waals surface area contributed by atoms with Crippen molar-refractivity contribution in [3.05, 3.63) is 56.7 Å². The Morgan fingerprint density at radius 2 is 1.68 bits per heavy atom. The molecular weight excluding hydrogens is 607 g/mol. The van der Waals surface area contributed by atoms with E-state index in [1.165, 1.54) is 6.07 Å². The average molecular weight is 639 g/mol. The summed E-state index contributed by atoms with van der Waals surface area (Å²) in [5, 5.41) is 0. The zero-order valence-electron chi connectivity index (χ0n) is 21.1. The minimum absolute atomic E-state index is 0.170. The van der Waals surface area contributed by atoms with Crippen molar-refractivity contribution in [1.82, 2.24) is 0 Å². The Kier molecular flexibility index (Phi) is 6.72. The Morgan fingerprint density at radius 3 is 2.24 bits per heavy atom. The van der Waals surface area contributed by atoms with Gasteiger partial charge in [0.1, 0.15) is 11.4 Å².